The lowest BCUT2D eigenvalue weighted by atomic mass is 10.0. The third-order valence-electron chi connectivity index (χ3n) is 4.72. The molecule has 168 valence electrons. The van der Waals surface area contributed by atoms with Gasteiger partial charge in [0.15, 0.2) is 9.84 Å². The van der Waals surface area contributed by atoms with Gasteiger partial charge < -0.3 is 15.4 Å². The van der Waals surface area contributed by atoms with Crippen molar-refractivity contribution in [2.75, 3.05) is 23.0 Å². The molecule has 0 fully saturated rings. The van der Waals surface area contributed by atoms with Crippen LogP contribution in [0.5, 0.6) is 5.75 Å². The number of benzene rings is 2. The van der Waals surface area contributed by atoms with Crippen LogP contribution in [0.3, 0.4) is 0 Å². The van der Waals surface area contributed by atoms with E-state index in [4.69, 9.17) is 4.74 Å². The fourth-order valence-corrected chi connectivity index (χ4v) is 4.74. The Kier molecular flexibility index (Phi) is 8.62. The number of rotatable bonds is 10. The first-order chi connectivity index (χ1) is 14.7. The van der Waals surface area contributed by atoms with Gasteiger partial charge in [0.1, 0.15) is 16.8 Å². The molecule has 1 unspecified atom stereocenters. The first-order valence-electron chi connectivity index (χ1n) is 10.3. The Hall–Kier alpha value is -2.87. The van der Waals surface area contributed by atoms with Crippen molar-refractivity contribution in [1.29, 1.82) is 0 Å². The molecule has 2 N–H and O–H groups in total. The minimum absolute atomic E-state index is 0.0638. The van der Waals surface area contributed by atoms with E-state index < -0.39 is 32.7 Å². The van der Waals surface area contributed by atoms with Crippen LogP contribution >= 0.6 is 0 Å². The highest BCUT2D eigenvalue weighted by atomic mass is 32.2. The Morgan fingerprint density at radius 1 is 0.968 bits per heavy atom. The van der Waals surface area contributed by atoms with E-state index in [1.165, 1.54) is 0 Å². The molecule has 2 rings (SSSR count). The molecule has 0 radical (unpaired) electrons. The van der Waals surface area contributed by atoms with Crippen molar-refractivity contribution >= 4 is 33.0 Å². The Morgan fingerprint density at radius 2 is 1.61 bits per heavy atom. The molecule has 0 spiro atoms. The van der Waals surface area contributed by atoms with Crippen molar-refractivity contribution in [3.8, 4) is 5.75 Å². The lowest BCUT2D eigenvalue weighted by Gasteiger charge is -2.18. The minimum atomic E-state index is -4.01. The third-order valence-corrected chi connectivity index (χ3v) is 6.80. The van der Waals surface area contributed by atoms with E-state index in [0.717, 1.165) is 5.56 Å². The summed E-state index contributed by atoms with van der Waals surface area (Å²) in [7, 11) is -4.01. The van der Waals surface area contributed by atoms with Crippen LogP contribution in [0.25, 0.3) is 0 Å². The zero-order valence-electron chi connectivity index (χ0n) is 18.3. The number of sulfone groups is 1. The smallest absolute Gasteiger partial charge is 0.242 e. The Morgan fingerprint density at radius 3 is 2.19 bits per heavy atom. The molecule has 7 nitrogen and oxygen atoms in total. The fraction of sp³-hybridized carbons (Fsp3) is 0.391. The molecular formula is C23H30N2O5S. The summed E-state index contributed by atoms with van der Waals surface area (Å²) in [6.45, 7) is 7.98. The van der Waals surface area contributed by atoms with Gasteiger partial charge in [-0.1, -0.05) is 39.0 Å². The van der Waals surface area contributed by atoms with Crippen LogP contribution < -0.4 is 15.4 Å². The van der Waals surface area contributed by atoms with E-state index in [2.05, 4.69) is 10.6 Å². The standard InChI is InChI=1S/C23H30N2O5S/c1-5-21(23(27)25-20-10-8-7-9-19(20)16(3)4)31(28,29)15-22(26)24-17-11-13-18(14-12-17)30-6-2/h7-14,16,21H,5-6,15H2,1-4H3,(H,24,26)(H,25,27). The molecular weight excluding hydrogens is 416 g/mol. The summed E-state index contributed by atoms with van der Waals surface area (Å²) < 4.78 is 31.0. The average Bonchev–Trinajstić information content (AvgIpc) is 2.69. The van der Waals surface area contributed by atoms with Gasteiger partial charge >= 0.3 is 0 Å². The first kappa shape index (κ1) is 24.4. The number of anilines is 2. The Bertz CT molecular complexity index is 1000. The third kappa shape index (κ3) is 6.82. The van der Waals surface area contributed by atoms with E-state index in [9.17, 15) is 18.0 Å². The molecule has 2 aromatic rings. The quantitative estimate of drug-likeness (QED) is 0.575. The predicted octanol–water partition coefficient (Wildman–Crippen LogP) is 3.98. The van der Waals surface area contributed by atoms with Crippen molar-refractivity contribution in [2.24, 2.45) is 0 Å². The largest absolute Gasteiger partial charge is 0.494 e. The van der Waals surface area contributed by atoms with E-state index >= 15 is 0 Å². The van der Waals surface area contributed by atoms with Gasteiger partial charge in [0.25, 0.3) is 0 Å². The molecule has 2 aromatic carbocycles. The second-order valence-electron chi connectivity index (χ2n) is 7.44. The molecule has 0 saturated heterocycles. The summed E-state index contributed by atoms with van der Waals surface area (Å²) in [6.07, 6.45) is 0.0638. The van der Waals surface area contributed by atoms with Crippen LogP contribution in [0, 0.1) is 0 Å². The molecule has 1 atom stereocenters. The fourth-order valence-electron chi connectivity index (χ4n) is 3.21. The Balaban J connectivity index is 2.07. The number of para-hydroxylation sites is 1. The van der Waals surface area contributed by atoms with Crippen LogP contribution in [0.1, 0.15) is 45.6 Å². The van der Waals surface area contributed by atoms with Gasteiger partial charge in [-0.2, -0.15) is 0 Å². The topological polar surface area (TPSA) is 102 Å². The monoisotopic (exact) mass is 446 g/mol. The highest BCUT2D eigenvalue weighted by Gasteiger charge is 2.33. The van der Waals surface area contributed by atoms with Crippen LogP contribution in [0.15, 0.2) is 48.5 Å². The molecule has 0 aliphatic carbocycles. The Labute approximate surface area is 184 Å². The molecule has 0 aliphatic rings. The van der Waals surface area contributed by atoms with Crippen molar-refractivity contribution in [1.82, 2.24) is 0 Å². The van der Waals surface area contributed by atoms with Gasteiger partial charge in [0.2, 0.25) is 11.8 Å². The molecule has 8 heteroatoms. The number of carbonyl (C=O) groups is 2. The van der Waals surface area contributed by atoms with Gasteiger partial charge in [-0.05, 0) is 55.2 Å². The molecule has 0 aliphatic heterocycles. The van der Waals surface area contributed by atoms with E-state index in [1.807, 2.05) is 32.9 Å². The van der Waals surface area contributed by atoms with Crippen LogP contribution in [-0.2, 0) is 19.4 Å². The van der Waals surface area contributed by atoms with Crippen molar-refractivity contribution in [2.45, 2.75) is 45.3 Å². The number of amides is 2. The lowest BCUT2D eigenvalue weighted by molar-refractivity contribution is -0.115. The average molecular weight is 447 g/mol. The number of hydrogen-bond donors (Lipinski definition) is 2. The maximum absolute atomic E-state index is 12.8. The van der Waals surface area contributed by atoms with Gasteiger partial charge in [0.05, 0.1) is 6.61 Å². The second-order valence-corrected chi connectivity index (χ2v) is 9.62. The van der Waals surface area contributed by atoms with Gasteiger partial charge in [0, 0.05) is 11.4 Å². The number of hydrogen-bond acceptors (Lipinski definition) is 5. The molecule has 31 heavy (non-hydrogen) atoms. The second kappa shape index (κ2) is 10.9. The summed E-state index contributed by atoms with van der Waals surface area (Å²) in [5.41, 5.74) is 1.94. The zero-order valence-corrected chi connectivity index (χ0v) is 19.2. The predicted molar refractivity (Wildman–Crippen MR) is 123 cm³/mol. The molecule has 0 heterocycles. The van der Waals surface area contributed by atoms with E-state index in [0.29, 0.717) is 23.7 Å². The number of ether oxygens (including phenoxy) is 1. The van der Waals surface area contributed by atoms with Crippen molar-refractivity contribution < 1.29 is 22.7 Å². The van der Waals surface area contributed by atoms with Crippen LogP contribution in [-0.4, -0.2) is 37.8 Å². The lowest BCUT2D eigenvalue weighted by Crippen LogP contribution is -2.39. The minimum Gasteiger partial charge on any atom is -0.494 e. The maximum Gasteiger partial charge on any atom is 0.242 e. The maximum atomic E-state index is 12.8. The summed E-state index contributed by atoms with van der Waals surface area (Å²) in [4.78, 5) is 25.1. The van der Waals surface area contributed by atoms with Gasteiger partial charge in [-0.25, -0.2) is 8.42 Å². The van der Waals surface area contributed by atoms with Crippen LogP contribution in [0.2, 0.25) is 0 Å². The summed E-state index contributed by atoms with van der Waals surface area (Å²) in [5.74, 6) is -1.30. The van der Waals surface area contributed by atoms with Gasteiger partial charge in [-0.15, -0.1) is 0 Å². The summed E-state index contributed by atoms with van der Waals surface area (Å²) in [6, 6.07) is 13.9. The SMILES string of the molecule is CCOc1ccc(NC(=O)CS(=O)(=O)C(CC)C(=O)Nc2ccccc2C(C)C)cc1. The molecule has 0 saturated carbocycles. The normalized spacial score (nSPS) is 12.3. The molecule has 0 bridgehead atoms. The summed E-state index contributed by atoms with van der Waals surface area (Å²) in [5, 5.41) is 3.96. The van der Waals surface area contributed by atoms with Crippen molar-refractivity contribution in [3.05, 3.63) is 54.1 Å². The van der Waals surface area contributed by atoms with E-state index in [1.54, 1.807) is 43.3 Å². The highest BCUT2D eigenvalue weighted by Crippen LogP contribution is 2.24. The van der Waals surface area contributed by atoms with E-state index in [-0.39, 0.29) is 12.3 Å². The van der Waals surface area contributed by atoms with Crippen LogP contribution in [0.4, 0.5) is 11.4 Å². The summed E-state index contributed by atoms with van der Waals surface area (Å²) >= 11 is 0. The van der Waals surface area contributed by atoms with Crippen molar-refractivity contribution in [3.63, 3.8) is 0 Å². The van der Waals surface area contributed by atoms with Gasteiger partial charge in [-0.3, -0.25) is 9.59 Å². The molecule has 0 aromatic heterocycles. The first-order valence-corrected chi connectivity index (χ1v) is 12.0. The molecule has 2 amide bonds. The number of nitrogens with one attached hydrogen (secondary N) is 2. The number of carbonyl (C=O) groups excluding carboxylic acids is 2. The zero-order chi connectivity index (χ0) is 23.0. The highest BCUT2D eigenvalue weighted by molar-refractivity contribution is 7.93.